The maximum atomic E-state index is 12.3. The zero-order chi connectivity index (χ0) is 13.0. The van der Waals surface area contributed by atoms with Crippen molar-refractivity contribution >= 4 is 5.91 Å². The Bertz CT molecular complexity index is 280. The number of piperidine rings is 1. The number of unbranched alkanes of at least 4 members (excludes halogenated alkanes) is 1. The SMILES string of the molecule is CC1CCN(C(=O)CCCCO)C2CCCCC12. The van der Waals surface area contributed by atoms with Gasteiger partial charge >= 0.3 is 0 Å². The molecular weight excluding hydrogens is 226 g/mol. The summed E-state index contributed by atoms with van der Waals surface area (Å²) in [6.45, 7) is 3.52. The summed E-state index contributed by atoms with van der Waals surface area (Å²) >= 11 is 0. The van der Waals surface area contributed by atoms with Crippen molar-refractivity contribution in [2.24, 2.45) is 11.8 Å². The average Bonchev–Trinajstić information content (AvgIpc) is 2.39. The lowest BCUT2D eigenvalue weighted by Crippen LogP contribution is -2.52. The number of carbonyl (C=O) groups excluding carboxylic acids is 1. The lowest BCUT2D eigenvalue weighted by atomic mass is 9.72. The first kappa shape index (κ1) is 13.9. The number of rotatable bonds is 4. The van der Waals surface area contributed by atoms with E-state index in [1.165, 1.54) is 32.1 Å². The number of fused-ring (bicyclic) bond motifs is 1. The number of carbonyl (C=O) groups is 1. The van der Waals surface area contributed by atoms with Gasteiger partial charge in [-0.05, 0) is 43.9 Å². The number of hydrogen-bond acceptors (Lipinski definition) is 2. The van der Waals surface area contributed by atoms with Gasteiger partial charge in [-0.15, -0.1) is 0 Å². The molecule has 3 nitrogen and oxygen atoms in total. The van der Waals surface area contributed by atoms with Gasteiger partial charge in [0, 0.05) is 25.6 Å². The van der Waals surface area contributed by atoms with Crippen LogP contribution in [0.15, 0.2) is 0 Å². The van der Waals surface area contributed by atoms with Crippen LogP contribution in [0.25, 0.3) is 0 Å². The maximum Gasteiger partial charge on any atom is 0.222 e. The van der Waals surface area contributed by atoms with Crippen molar-refractivity contribution in [3.8, 4) is 0 Å². The highest BCUT2D eigenvalue weighted by Gasteiger charge is 2.38. The fraction of sp³-hybridized carbons (Fsp3) is 0.933. The molecule has 3 atom stereocenters. The molecule has 0 aromatic heterocycles. The van der Waals surface area contributed by atoms with Crippen LogP contribution in [0.1, 0.15) is 58.3 Å². The smallest absolute Gasteiger partial charge is 0.222 e. The molecule has 104 valence electrons. The minimum atomic E-state index is 0.205. The molecule has 1 N–H and O–H groups in total. The van der Waals surface area contributed by atoms with Gasteiger partial charge in [-0.3, -0.25) is 4.79 Å². The molecule has 2 aliphatic rings. The molecule has 0 radical (unpaired) electrons. The standard InChI is InChI=1S/C15H27NO2/c1-12-9-10-16(15(18)8-4-5-11-17)14-7-3-2-6-13(12)14/h12-14,17H,2-11H2,1H3. The summed E-state index contributed by atoms with van der Waals surface area (Å²) in [5, 5.41) is 8.79. The van der Waals surface area contributed by atoms with Gasteiger partial charge in [-0.1, -0.05) is 19.8 Å². The van der Waals surface area contributed by atoms with E-state index in [0.29, 0.717) is 18.4 Å². The van der Waals surface area contributed by atoms with Crippen molar-refractivity contribution in [3.63, 3.8) is 0 Å². The minimum absolute atomic E-state index is 0.205. The van der Waals surface area contributed by atoms with Crippen LogP contribution in [0.5, 0.6) is 0 Å². The van der Waals surface area contributed by atoms with Gasteiger partial charge in [-0.25, -0.2) is 0 Å². The van der Waals surface area contributed by atoms with E-state index in [0.717, 1.165) is 31.2 Å². The zero-order valence-corrected chi connectivity index (χ0v) is 11.6. The van der Waals surface area contributed by atoms with Gasteiger partial charge in [-0.2, -0.15) is 0 Å². The molecule has 2 rings (SSSR count). The Labute approximate surface area is 111 Å². The predicted molar refractivity (Wildman–Crippen MR) is 72.2 cm³/mol. The molecule has 3 unspecified atom stereocenters. The lowest BCUT2D eigenvalue weighted by Gasteiger charge is -2.47. The van der Waals surface area contributed by atoms with Gasteiger partial charge in [0.05, 0.1) is 0 Å². The van der Waals surface area contributed by atoms with E-state index in [-0.39, 0.29) is 6.61 Å². The van der Waals surface area contributed by atoms with Crippen molar-refractivity contribution in [1.29, 1.82) is 0 Å². The summed E-state index contributed by atoms with van der Waals surface area (Å²) in [5.74, 6) is 1.86. The molecule has 1 saturated carbocycles. The van der Waals surface area contributed by atoms with Crippen molar-refractivity contribution in [2.45, 2.75) is 64.3 Å². The molecule has 1 saturated heterocycles. The quantitative estimate of drug-likeness (QED) is 0.782. The Kier molecular flexibility index (Phi) is 5.04. The van der Waals surface area contributed by atoms with E-state index in [9.17, 15) is 4.79 Å². The molecule has 0 aromatic rings. The summed E-state index contributed by atoms with van der Waals surface area (Å²) in [6, 6.07) is 0.518. The summed E-state index contributed by atoms with van der Waals surface area (Å²) in [5.41, 5.74) is 0. The fourth-order valence-corrected chi connectivity index (χ4v) is 3.75. The van der Waals surface area contributed by atoms with Crippen LogP contribution >= 0.6 is 0 Å². The van der Waals surface area contributed by atoms with E-state index in [2.05, 4.69) is 11.8 Å². The third-order valence-electron chi connectivity index (χ3n) is 4.86. The molecule has 0 aromatic carbocycles. The molecule has 3 heteroatoms. The highest BCUT2D eigenvalue weighted by atomic mass is 16.3. The third-order valence-corrected chi connectivity index (χ3v) is 4.86. The van der Waals surface area contributed by atoms with Gasteiger partial charge in [0.1, 0.15) is 0 Å². The van der Waals surface area contributed by atoms with Gasteiger partial charge in [0.25, 0.3) is 0 Å². The first-order valence-electron chi connectivity index (χ1n) is 7.64. The molecule has 2 fully saturated rings. The van der Waals surface area contributed by atoms with Gasteiger partial charge < -0.3 is 10.0 Å². The molecule has 1 aliphatic carbocycles. The fourth-order valence-electron chi connectivity index (χ4n) is 3.75. The Hall–Kier alpha value is -0.570. The summed E-state index contributed by atoms with van der Waals surface area (Å²) in [4.78, 5) is 14.4. The number of aliphatic hydroxyl groups excluding tert-OH is 1. The van der Waals surface area contributed by atoms with Crippen LogP contribution in [-0.2, 0) is 4.79 Å². The first-order chi connectivity index (χ1) is 8.74. The lowest BCUT2D eigenvalue weighted by molar-refractivity contribution is -0.139. The average molecular weight is 253 g/mol. The zero-order valence-electron chi connectivity index (χ0n) is 11.6. The topological polar surface area (TPSA) is 40.5 Å². The van der Waals surface area contributed by atoms with E-state index < -0.39 is 0 Å². The largest absolute Gasteiger partial charge is 0.396 e. The van der Waals surface area contributed by atoms with E-state index in [1.807, 2.05) is 0 Å². The van der Waals surface area contributed by atoms with E-state index in [4.69, 9.17) is 5.11 Å². The first-order valence-corrected chi connectivity index (χ1v) is 7.64. The molecule has 0 bridgehead atoms. The summed E-state index contributed by atoms with van der Waals surface area (Å²) < 4.78 is 0. The monoisotopic (exact) mass is 253 g/mol. The van der Waals surface area contributed by atoms with Gasteiger partial charge in [0.15, 0.2) is 0 Å². The maximum absolute atomic E-state index is 12.3. The van der Waals surface area contributed by atoms with E-state index >= 15 is 0 Å². The van der Waals surface area contributed by atoms with Gasteiger partial charge in [0.2, 0.25) is 5.91 Å². The second-order valence-corrected chi connectivity index (χ2v) is 6.05. The van der Waals surface area contributed by atoms with Crippen molar-refractivity contribution < 1.29 is 9.90 Å². The molecule has 1 heterocycles. The molecule has 0 spiro atoms. The summed E-state index contributed by atoms with van der Waals surface area (Å²) in [7, 11) is 0. The third kappa shape index (κ3) is 3.05. The Balaban J connectivity index is 1.92. The number of aliphatic hydroxyl groups is 1. The molecule has 18 heavy (non-hydrogen) atoms. The summed E-state index contributed by atoms with van der Waals surface area (Å²) in [6.07, 6.45) is 8.53. The van der Waals surface area contributed by atoms with Crippen LogP contribution in [0.3, 0.4) is 0 Å². The second kappa shape index (κ2) is 6.55. The van der Waals surface area contributed by atoms with Crippen molar-refractivity contribution in [2.75, 3.05) is 13.2 Å². The van der Waals surface area contributed by atoms with Crippen LogP contribution in [0.2, 0.25) is 0 Å². The van der Waals surface area contributed by atoms with Crippen molar-refractivity contribution in [1.82, 2.24) is 4.90 Å². The van der Waals surface area contributed by atoms with Crippen LogP contribution in [-0.4, -0.2) is 35.1 Å². The minimum Gasteiger partial charge on any atom is -0.396 e. The number of hydrogen-bond donors (Lipinski definition) is 1. The molecule has 1 amide bonds. The number of amides is 1. The molecular formula is C15H27NO2. The highest BCUT2D eigenvalue weighted by molar-refractivity contribution is 5.76. The van der Waals surface area contributed by atoms with Crippen molar-refractivity contribution in [3.05, 3.63) is 0 Å². The normalized spacial score (nSPS) is 32.1. The van der Waals surface area contributed by atoms with E-state index in [1.54, 1.807) is 0 Å². The Morgan fingerprint density at radius 3 is 2.78 bits per heavy atom. The Morgan fingerprint density at radius 2 is 2.00 bits per heavy atom. The number of likely N-dealkylation sites (tertiary alicyclic amines) is 1. The Morgan fingerprint density at radius 1 is 1.22 bits per heavy atom. The molecule has 1 aliphatic heterocycles. The van der Waals surface area contributed by atoms with Crippen LogP contribution in [0.4, 0.5) is 0 Å². The predicted octanol–water partition coefficient (Wildman–Crippen LogP) is 2.58. The number of nitrogens with zero attached hydrogens (tertiary/aromatic N) is 1. The van der Waals surface area contributed by atoms with Crippen LogP contribution < -0.4 is 0 Å². The second-order valence-electron chi connectivity index (χ2n) is 6.05. The highest BCUT2D eigenvalue weighted by Crippen LogP contribution is 2.39. The van der Waals surface area contributed by atoms with Crippen LogP contribution in [0, 0.1) is 11.8 Å².